The zero-order valence-electron chi connectivity index (χ0n) is 15.0. The lowest BCUT2D eigenvalue weighted by molar-refractivity contribution is -0.116. The zero-order valence-corrected chi connectivity index (χ0v) is 18.1. The van der Waals surface area contributed by atoms with Gasteiger partial charge in [0.2, 0.25) is 5.91 Å². The Morgan fingerprint density at radius 3 is 2.81 bits per heavy atom. The maximum atomic E-state index is 12.1. The number of halogens is 2. The van der Waals surface area contributed by atoms with Crippen molar-refractivity contribution in [2.45, 2.75) is 50.9 Å². The Morgan fingerprint density at radius 2 is 2.19 bits per heavy atom. The highest BCUT2D eigenvalue weighted by atomic mass is 127. The first-order chi connectivity index (χ1) is 12.0. The van der Waals surface area contributed by atoms with Crippen LogP contribution in [0.15, 0.2) is 23.2 Å². The van der Waals surface area contributed by atoms with E-state index in [1.807, 2.05) is 25.1 Å². The molecule has 3 rings (SSSR count). The van der Waals surface area contributed by atoms with Gasteiger partial charge in [0.15, 0.2) is 5.96 Å². The van der Waals surface area contributed by atoms with Gasteiger partial charge in [-0.05, 0) is 43.9 Å². The molecule has 1 amide bonds. The average Bonchev–Trinajstić information content (AvgIpc) is 3.19. The fourth-order valence-electron chi connectivity index (χ4n) is 3.39. The van der Waals surface area contributed by atoms with Gasteiger partial charge in [-0.1, -0.05) is 17.7 Å². The van der Waals surface area contributed by atoms with Crippen LogP contribution in [0.2, 0.25) is 5.02 Å². The number of carbonyl (C=O) groups excluding carboxylic acids is 1. The first-order valence-corrected chi connectivity index (χ1v) is 9.11. The molecule has 3 N–H and O–H groups in total. The monoisotopic (exact) mass is 492 g/mol. The molecule has 6 nitrogen and oxygen atoms in total. The Labute approximate surface area is 176 Å². The average molecular weight is 493 g/mol. The van der Waals surface area contributed by atoms with Crippen molar-refractivity contribution in [1.82, 2.24) is 10.6 Å². The van der Waals surface area contributed by atoms with Gasteiger partial charge in [0.1, 0.15) is 0 Å². The Balaban J connectivity index is 0.00000243. The van der Waals surface area contributed by atoms with Crippen molar-refractivity contribution in [3.8, 4) is 0 Å². The number of hydrogen-bond donors (Lipinski definition) is 3. The van der Waals surface area contributed by atoms with Gasteiger partial charge >= 0.3 is 0 Å². The second-order valence-electron chi connectivity index (χ2n) is 6.64. The van der Waals surface area contributed by atoms with E-state index in [1.54, 1.807) is 7.05 Å². The van der Waals surface area contributed by atoms with Crippen LogP contribution in [0.1, 0.15) is 31.2 Å². The summed E-state index contributed by atoms with van der Waals surface area (Å²) in [5.41, 5.74) is 1.70. The summed E-state index contributed by atoms with van der Waals surface area (Å²) in [4.78, 5) is 16.3. The van der Waals surface area contributed by atoms with Crippen molar-refractivity contribution in [3.05, 3.63) is 28.8 Å². The van der Waals surface area contributed by atoms with E-state index in [4.69, 9.17) is 16.3 Å². The van der Waals surface area contributed by atoms with Crippen molar-refractivity contribution in [3.63, 3.8) is 0 Å². The third-order valence-corrected chi connectivity index (χ3v) is 5.01. The third-order valence-electron chi connectivity index (χ3n) is 4.69. The predicted molar refractivity (Wildman–Crippen MR) is 116 cm³/mol. The van der Waals surface area contributed by atoms with E-state index in [1.165, 1.54) is 0 Å². The van der Waals surface area contributed by atoms with E-state index in [0.717, 1.165) is 24.8 Å². The molecule has 8 heteroatoms. The molecule has 2 saturated heterocycles. The van der Waals surface area contributed by atoms with E-state index >= 15 is 0 Å². The highest BCUT2D eigenvalue weighted by molar-refractivity contribution is 14.0. The molecule has 0 spiro atoms. The summed E-state index contributed by atoms with van der Waals surface area (Å²) in [6, 6.07) is 5.88. The maximum absolute atomic E-state index is 12.1. The molecule has 0 aliphatic carbocycles. The molecule has 2 aliphatic rings. The number of amides is 1. The standard InChI is InChI=1S/C18H25ClN4O2.HI/c1-11-3-5-14(13(19)9-11)22-17(24)7-8-21-18(20-2)23-15-10-12-4-6-16(15)25-12;/h3,5,9,12,15-16H,4,6-8,10H2,1-2H3,(H,22,24)(H2,20,21,23);1H. The van der Waals surface area contributed by atoms with Crippen molar-refractivity contribution >= 4 is 53.1 Å². The summed E-state index contributed by atoms with van der Waals surface area (Å²) in [5.74, 6) is 0.624. The van der Waals surface area contributed by atoms with E-state index in [-0.39, 0.29) is 36.0 Å². The van der Waals surface area contributed by atoms with E-state index in [0.29, 0.717) is 41.8 Å². The molecule has 2 heterocycles. The third kappa shape index (κ3) is 5.47. The SMILES string of the molecule is CN=C(NCCC(=O)Nc1ccc(C)cc1Cl)NC1CC2CCC1O2.I. The first-order valence-electron chi connectivity index (χ1n) is 8.74. The van der Waals surface area contributed by atoms with Gasteiger partial charge < -0.3 is 20.7 Å². The van der Waals surface area contributed by atoms with Crippen LogP contribution in [0.25, 0.3) is 0 Å². The summed E-state index contributed by atoms with van der Waals surface area (Å²) in [6.07, 6.45) is 4.31. The number of rotatable bonds is 5. The Hall–Kier alpha value is -1.06. The molecule has 144 valence electrons. The second-order valence-corrected chi connectivity index (χ2v) is 7.05. The highest BCUT2D eigenvalue weighted by Gasteiger charge is 2.41. The van der Waals surface area contributed by atoms with Crippen molar-refractivity contribution < 1.29 is 9.53 Å². The van der Waals surface area contributed by atoms with E-state index < -0.39 is 0 Å². The van der Waals surface area contributed by atoms with Crippen molar-refractivity contribution in [1.29, 1.82) is 0 Å². The molecule has 1 aromatic carbocycles. The number of guanidine groups is 1. The van der Waals surface area contributed by atoms with E-state index in [2.05, 4.69) is 20.9 Å². The first kappa shape index (κ1) is 21.2. The summed E-state index contributed by atoms with van der Waals surface area (Å²) >= 11 is 6.14. The Bertz CT molecular complexity index is 671. The molecule has 0 saturated carbocycles. The molecule has 2 fully saturated rings. The molecule has 0 aromatic heterocycles. The van der Waals surface area contributed by atoms with Crippen LogP contribution in [0.5, 0.6) is 0 Å². The Kier molecular flexibility index (Phi) is 7.97. The lowest BCUT2D eigenvalue weighted by Crippen LogP contribution is -2.47. The molecular formula is C18H26ClIN4O2. The van der Waals surface area contributed by atoms with Gasteiger partial charge in [-0.25, -0.2) is 0 Å². The fraction of sp³-hybridized carbons (Fsp3) is 0.556. The van der Waals surface area contributed by atoms with Crippen LogP contribution in [-0.2, 0) is 9.53 Å². The minimum Gasteiger partial charge on any atom is -0.373 e. The maximum Gasteiger partial charge on any atom is 0.226 e. The second kappa shape index (κ2) is 9.75. The van der Waals surface area contributed by atoms with Gasteiger partial charge in [0.25, 0.3) is 0 Å². The van der Waals surface area contributed by atoms with Crippen LogP contribution in [-0.4, -0.2) is 43.7 Å². The molecular weight excluding hydrogens is 467 g/mol. The molecule has 1 aromatic rings. The number of hydrogen-bond acceptors (Lipinski definition) is 3. The van der Waals surface area contributed by atoms with Crippen molar-refractivity contribution in [2.24, 2.45) is 4.99 Å². The molecule has 3 unspecified atom stereocenters. The largest absolute Gasteiger partial charge is 0.373 e. The van der Waals surface area contributed by atoms with Gasteiger partial charge in [0.05, 0.1) is 29.0 Å². The number of nitrogens with one attached hydrogen (secondary N) is 3. The van der Waals surface area contributed by atoms with Gasteiger partial charge in [0, 0.05) is 20.0 Å². The van der Waals surface area contributed by atoms with Gasteiger partial charge in [-0.2, -0.15) is 0 Å². The number of nitrogens with zero attached hydrogens (tertiary/aromatic N) is 1. The number of carbonyl (C=O) groups is 1. The quantitative estimate of drug-likeness (QED) is 0.335. The zero-order chi connectivity index (χ0) is 17.8. The van der Waals surface area contributed by atoms with Gasteiger partial charge in [-0.3, -0.25) is 9.79 Å². The van der Waals surface area contributed by atoms with Crippen molar-refractivity contribution in [2.75, 3.05) is 18.9 Å². The number of ether oxygens (including phenoxy) is 1. The van der Waals surface area contributed by atoms with Gasteiger partial charge in [-0.15, -0.1) is 24.0 Å². The van der Waals surface area contributed by atoms with Crippen LogP contribution >= 0.6 is 35.6 Å². The predicted octanol–water partition coefficient (Wildman–Crippen LogP) is 3.08. The topological polar surface area (TPSA) is 74.8 Å². The lowest BCUT2D eigenvalue weighted by atomic mass is 9.96. The summed E-state index contributed by atoms with van der Waals surface area (Å²) in [6.45, 7) is 2.46. The number of benzene rings is 1. The minimum absolute atomic E-state index is 0. The lowest BCUT2D eigenvalue weighted by Gasteiger charge is -2.22. The molecule has 2 aliphatic heterocycles. The fourth-order valence-corrected chi connectivity index (χ4v) is 3.67. The summed E-state index contributed by atoms with van der Waals surface area (Å²) in [7, 11) is 1.73. The summed E-state index contributed by atoms with van der Waals surface area (Å²) in [5, 5.41) is 9.97. The smallest absolute Gasteiger partial charge is 0.226 e. The molecule has 0 radical (unpaired) electrons. The van der Waals surface area contributed by atoms with Crippen LogP contribution < -0.4 is 16.0 Å². The van der Waals surface area contributed by atoms with Crippen LogP contribution in [0.3, 0.4) is 0 Å². The summed E-state index contributed by atoms with van der Waals surface area (Å²) < 4.78 is 5.84. The minimum atomic E-state index is -0.0861. The van der Waals surface area contributed by atoms with Crippen LogP contribution in [0, 0.1) is 6.92 Å². The highest BCUT2D eigenvalue weighted by Crippen LogP contribution is 2.34. The van der Waals surface area contributed by atoms with E-state index in [9.17, 15) is 4.79 Å². The molecule has 2 bridgehead atoms. The number of aryl methyl sites for hydroxylation is 1. The number of anilines is 1. The normalized spacial score (nSPS) is 24.1. The number of aliphatic imine (C=N–C) groups is 1. The van der Waals surface area contributed by atoms with Crippen LogP contribution in [0.4, 0.5) is 5.69 Å². The number of fused-ring (bicyclic) bond motifs is 2. The Morgan fingerprint density at radius 1 is 1.38 bits per heavy atom. The molecule has 26 heavy (non-hydrogen) atoms. The molecule has 3 atom stereocenters.